The monoisotopic (exact) mass is 268 g/mol. The minimum Gasteiger partial charge on any atom is -0.367 e. The van der Waals surface area contributed by atoms with Crippen molar-refractivity contribution < 1.29 is 0 Å². The first kappa shape index (κ1) is 12.9. The molecule has 0 amide bonds. The Morgan fingerprint density at radius 2 is 2.00 bits per heavy atom. The summed E-state index contributed by atoms with van der Waals surface area (Å²) in [6.45, 7) is 2.07. The van der Waals surface area contributed by atoms with Gasteiger partial charge in [0.15, 0.2) is 0 Å². The van der Waals surface area contributed by atoms with Gasteiger partial charge in [0.2, 0.25) is 5.95 Å². The van der Waals surface area contributed by atoms with Gasteiger partial charge < -0.3 is 10.6 Å². The lowest BCUT2D eigenvalue weighted by molar-refractivity contribution is 0.750. The zero-order valence-electron chi connectivity index (χ0n) is 11.8. The normalized spacial score (nSPS) is 15.2. The predicted octanol–water partition coefficient (Wildman–Crippen LogP) is 3.88. The summed E-state index contributed by atoms with van der Waals surface area (Å²) < 4.78 is 0. The van der Waals surface area contributed by atoms with Crippen LogP contribution in [0.3, 0.4) is 0 Å². The zero-order valence-corrected chi connectivity index (χ0v) is 11.8. The maximum Gasteiger partial charge on any atom is 0.229 e. The van der Waals surface area contributed by atoms with E-state index in [9.17, 15) is 0 Å². The molecule has 0 aliphatic heterocycles. The van der Waals surface area contributed by atoms with Crippen molar-refractivity contribution in [3.8, 4) is 0 Å². The molecular formula is C16H20N4. The lowest BCUT2D eigenvalue weighted by atomic mass is 10.2. The van der Waals surface area contributed by atoms with Crippen LogP contribution in [0, 0.1) is 6.92 Å². The van der Waals surface area contributed by atoms with Crippen LogP contribution in [-0.2, 0) is 0 Å². The standard InChI is InChI=1S/C16H20N4/c1-12-5-4-8-14(11-12)19-16-17-10-9-15(20-16)18-13-6-2-3-7-13/h4-5,8-11,13H,2-3,6-7H2,1H3,(H2,17,18,19,20). The maximum atomic E-state index is 4.53. The Balaban J connectivity index is 1.70. The molecule has 1 fully saturated rings. The number of aromatic nitrogens is 2. The molecule has 2 N–H and O–H groups in total. The lowest BCUT2D eigenvalue weighted by Crippen LogP contribution is -2.15. The average Bonchev–Trinajstić information content (AvgIpc) is 2.92. The number of aryl methyl sites for hydroxylation is 1. The van der Waals surface area contributed by atoms with Gasteiger partial charge in [0.05, 0.1) is 0 Å². The van der Waals surface area contributed by atoms with Gasteiger partial charge >= 0.3 is 0 Å². The van der Waals surface area contributed by atoms with Crippen molar-refractivity contribution in [2.45, 2.75) is 38.6 Å². The van der Waals surface area contributed by atoms with Crippen LogP contribution in [0.5, 0.6) is 0 Å². The minimum atomic E-state index is 0.566. The van der Waals surface area contributed by atoms with Crippen LogP contribution in [0.15, 0.2) is 36.5 Å². The SMILES string of the molecule is Cc1cccc(Nc2nccc(NC3CCCC3)n2)c1. The van der Waals surface area contributed by atoms with Crippen molar-refractivity contribution in [2.24, 2.45) is 0 Å². The number of benzene rings is 1. The molecule has 1 aromatic heterocycles. The van der Waals surface area contributed by atoms with Gasteiger partial charge in [0.1, 0.15) is 5.82 Å². The summed E-state index contributed by atoms with van der Waals surface area (Å²) in [5.41, 5.74) is 2.23. The second-order valence-corrected chi connectivity index (χ2v) is 5.39. The Bertz CT molecular complexity index is 576. The van der Waals surface area contributed by atoms with Gasteiger partial charge in [-0.25, -0.2) is 4.98 Å². The van der Waals surface area contributed by atoms with Crippen molar-refractivity contribution in [3.63, 3.8) is 0 Å². The van der Waals surface area contributed by atoms with Crippen molar-refractivity contribution in [2.75, 3.05) is 10.6 Å². The fraction of sp³-hybridized carbons (Fsp3) is 0.375. The molecule has 1 heterocycles. The first-order chi connectivity index (χ1) is 9.79. The number of nitrogens with one attached hydrogen (secondary N) is 2. The van der Waals surface area contributed by atoms with Crippen LogP contribution in [0.1, 0.15) is 31.2 Å². The van der Waals surface area contributed by atoms with Crippen LogP contribution >= 0.6 is 0 Å². The molecule has 104 valence electrons. The molecule has 4 heteroatoms. The lowest BCUT2D eigenvalue weighted by Gasteiger charge is -2.13. The zero-order chi connectivity index (χ0) is 13.8. The summed E-state index contributed by atoms with van der Waals surface area (Å²) >= 11 is 0. The molecule has 20 heavy (non-hydrogen) atoms. The number of hydrogen-bond donors (Lipinski definition) is 2. The van der Waals surface area contributed by atoms with Gasteiger partial charge in [-0.1, -0.05) is 25.0 Å². The molecule has 2 aromatic rings. The van der Waals surface area contributed by atoms with Crippen molar-refractivity contribution in [3.05, 3.63) is 42.1 Å². The van der Waals surface area contributed by atoms with Gasteiger partial charge in [-0.2, -0.15) is 4.98 Å². The third-order valence-electron chi connectivity index (χ3n) is 3.64. The first-order valence-electron chi connectivity index (χ1n) is 7.23. The molecule has 3 rings (SSSR count). The number of rotatable bonds is 4. The first-order valence-corrected chi connectivity index (χ1v) is 7.23. The molecule has 0 bridgehead atoms. The van der Waals surface area contributed by atoms with Gasteiger partial charge in [-0.15, -0.1) is 0 Å². The molecular weight excluding hydrogens is 248 g/mol. The van der Waals surface area contributed by atoms with E-state index in [0.29, 0.717) is 12.0 Å². The van der Waals surface area contributed by atoms with E-state index in [0.717, 1.165) is 11.5 Å². The van der Waals surface area contributed by atoms with E-state index in [-0.39, 0.29) is 0 Å². The van der Waals surface area contributed by atoms with Gasteiger partial charge in [-0.05, 0) is 43.5 Å². The Morgan fingerprint density at radius 3 is 2.80 bits per heavy atom. The fourth-order valence-corrected chi connectivity index (χ4v) is 2.63. The van der Waals surface area contributed by atoms with E-state index < -0.39 is 0 Å². The molecule has 0 atom stereocenters. The summed E-state index contributed by atoms with van der Waals surface area (Å²) in [7, 11) is 0. The van der Waals surface area contributed by atoms with Crippen molar-refractivity contribution >= 4 is 17.5 Å². The van der Waals surface area contributed by atoms with E-state index in [2.05, 4.69) is 39.7 Å². The second kappa shape index (κ2) is 5.90. The molecule has 0 spiro atoms. The summed E-state index contributed by atoms with van der Waals surface area (Å²) in [4.78, 5) is 8.80. The van der Waals surface area contributed by atoms with Gasteiger partial charge in [0.25, 0.3) is 0 Å². The van der Waals surface area contributed by atoms with Gasteiger partial charge in [-0.3, -0.25) is 0 Å². The van der Waals surface area contributed by atoms with Crippen molar-refractivity contribution in [1.82, 2.24) is 9.97 Å². The Hall–Kier alpha value is -2.10. The van der Waals surface area contributed by atoms with E-state index >= 15 is 0 Å². The van der Waals surface area contributed by atoms with Crippen LogP contribution in [0.2, 0.25) is 0 Å². The second-order valence-electron chi connectivity index (χ2n) is 5.39. The number of nitrogens with zero attached hydrogens (tertiary/aromatic N) is 2. The summed E-state index contributed by atoms with van der Waals surface area (Å²) in [5, 5.41) is 6.74. The highest BCUT2D eigenvalue weighted by Gasteiger charge is 2.15. The fourth-order valence-electron chi connectivity index (χ4n) is 2.63. The Labute approximate surface area is 119 Å². The Kier molecular flexibility index (Phi) is 3.81. The summed E-state index contributed by atoms with van der Waals surface area (Å²) in [5.74, 6) is 1.54. The van der Waals surface area contributed by atoms with E-state index in [1.807, 2.05) is 18.2 Å². The van der Waals surface area contributed by atoms with E-state index in [1.54, 1.807) is 6.20 Å². The van der Waals surface area contributed by atoms with Crippen LogP contribution in [0.4, 0.5) is 17.5 Å². The molecule has 1 aromatic carbocycles. The highest BCUT2D eigenvalue weighted by atomic mass is 15.1. The molecule has 0 radical (unpaired) electrons. The smallest absolute Gasteiger partial charge is 0.229 e. The number of anilines is 3. The predicted molar refractivity (Wildman–Crippen MR) is 82.4 cm³/mol. The van der Waals surface area contributed by atoms with E-state index in [4.69, 9.17) is 0 Å². The Morgan fingerprint density at radius 1 is 1.15 bits per heavy atom. The average molecular weight is 268 g/mol. The number of hydrogen-bond acceptors (Lipinski definition) is 4. The topological polar surface area (TPSA) is 49.8 Å². The van der Waals surface area contributed by atoms with Crippen LogP contribution in [0.25, 0.3) is 0 Å². The van der Waals surface area contributed by atoms with Crippen molar-refractivity contribution in [1.29, 1.82) is 0 Å². The highest BCUT2D eigenvalue weighted by molar-refractivity contribution is 5.55. The molecule has 0 saturated heterocycles. The van der Waals surface area contributed by atoms with Gasteiger partial charge in [0, 0.05) is 17.9 Å². The largest absolute Gasteiger partial charge is 0.367 e. The molecule has 1 aliphatic carbocycles. The van der Waals surface area contributed by atoms with Crippen LogP contribution < -0.4 is 10.6 Å². The quantitative estimate of drug-likeness (QED) is 0.883. The third-order valence-corrected chi connectivity index (χ3v) is 3.64. The third kappa shape index (κ3) is 3.26. The highest BCUT2D eigenvalue weighted by Crippen LogP contribution is 2.22. The summed E-state index contributed by atoms with van der Waals surface area (Å²) in [6, 6.07) is 10.7. The molecule has 1 aliphatic rings. The van der Waals surface area contributed by atoms with E-state index in [1.165, 1.54) is 31.2 Å². The molecule has 4 nitrogen and oxygen atoms in total. The molecule has 0 unspecified atom stereocenters. The minimum absolute atomic E-state index is 0.566. The van der Waals surface area contributed by atoms with Crippen LogP contribution in [-0.4, -0.2) is 16.0 Å². The maximum absolute atomic E-state index is 4.53. The summed E-state index contributed by atoms with van der Waals surface area (Å²) in [6.07, 6.45) is 6.91. The molecule has 1 saturated carbocycles.